The van der Waals surface area contributed by atoms with Crippen LogP contribution in [0.4, 0.5) is 20.2 Å². The third kappa shape index (κ3) is 4.02. The van der Waals surface area contributed by atoms with Gasteiger partial charge in [-0.15, -0.1) is 0 Å². The molecular weight excluding hydrogens is 426 g/mol. The van der Waals surface area contributed by atoms with E-state index in [-0.39, 0.29) is 16.1 Å². The van der Waals surface area contributed by atoms with Gasteiger partial charge in [-0.05, 0) is 42.7 Å². The molecule has 0 radical (unpaired) electrons. The Morgan fingerprint density at radius 2 is 1.94 bits per heavy atom. The summed E-state index contributed by atoms with van der Waals surface area (Å²) >= 11 is 0. The molecule has 1 aromatic heterocycles. The fraction of sp³-hybridized carbons (Fsp3) is 0.238. The van der Waals surface area contributed by atoms with Crippen LogP contribution in [-0.4, -0.2) is 30.7 Å². The van der Waals surface area contributed by atoms with Gasteiger partial charge in [0.15, 0.2) is 5.69 Å². The van der Waals surface area contributed by atoms with Gasteiger partial charge in [0.25, 0.3) is 22.4 Å². The smallest absolute Gasteiger partial charge is 0.284 e. The quantitative estimate of drug-likeness (QED) is 0.647. The van der Waals surface area contributed by atoms with Crippen molar-refractivity contribution in [2.45, 2.75) is 24.2 Å². The van der Waals surface area contributed by atoms with Gasteiger partial charge in [0.1, 0.15) is 0 Å². The third-order valence-corrected chi connectivity index (χ3v) is 6.87. The van der Waals surface area contributed by atoms with Gasteiger partial charge in [-0.1, -0.05) is 24.3 Å². The number of carbonyl (C=O) groups is 1. The van der Waals surface area contributed by atoms with Crippen LogP contribution in [0.3, 0.4) is 0 Å². The largest absolute Gasteiger partial charge is 0.319 e. The van der Waals surface area contributed by atoms with Crippen molar-refractivity contribution in [1.29, 1.82) is 0 Å². The van der Waals surface area contributed by atoms with Crippen LogP contribution in [-0.2, 0) is 23.5 Å². The van der Waals surface area contributed by atoms with E-state index in [0.717, 1.165) is 12.0 Å². The van der Waals surface area contributed by atoms with E-state index in [1.807, 2.05) is 12.1 Å². The molecule has 2 aromatic carbocycles. The second-order valence-corrected chi connectivity index (χ2v) is 9.06. The summed E-state index contributed by atoms with van der Waals surface area (Å²) in [6.07, 6.45) is -0.108. The van der Waals surface area contributed by atoms with Crippen molar-refractivity contribution in [3.05, 3.63) is 71.5 Å². The summed E-state index contributed by atoms with van der Waals surface area (Å²) in [5, 5.41) is 6.04. The van der Waals surface area contributed by atoms with E-state index >= 15 is 0 Å². The van der Waals surface area contributed by atoms with Crippen molar-refractivity contribution < 1.29 is 22.0 Å². The highest BCUT2D eigenvalue weighted by Gasteiger charge is 2.29. The molecule has 162 valence electrons. The number of nitrogens with one attached hydrogen (secondary N) is 1. The Balaban J connectivity index is 1.64. The summed E-state index contributed by atoms with van der Waals surface area (Å²) in [6.45, 7) is 0.337. The Hall–Kier alpha value is -3.27. The first-order valence-electron chi connectivity index (χ1n) is 9.61. The van der Waals surface area contributed by atoms with Gasteiger partial charge in [-0.3, -0.25) is 13.8 Å². The maximum atomic E-state index is 13.3. The molecule has 4 rings (SSSR count). The SMILES string of the molecule is Cn1cc(NC(=O)c2cccc(S(=O)(=O)N3CCCc4ccccc43)c2)c(C(F)F)n1. The van der Waals surface area contributed by atoms with E-state index in [2.05, 4.69) is 10.4 Å². The zero-order valence-electron chi connectivity index (χ0n) is 16.6. The molecule has 0 bridgehead atoms. The number of aromatic nitrogens is 2. The second kappa shape index (κ2) is 8.10. The lowest BCUT2D eigenvalue weighted by molar-refractivity contribution is 0.102. The highest BCUT2D eigenvalue weighted by molar-refractivity contribution is 7.92. The summed E-state index contributed by atoms with van der Waals surface area (Å²) in [6, 6.07) is 12.9. The summed E-state index contributed by atoms with van der Waals surface area (Å²) in [7, 11) is -2.44. The lowest BCUT2D eigenvalue weighted by Crippen LogP contribution is -2.35. The molecule has 0 saturated carbocycles. The molecule has 10 heteroatoms. The molecule has 1 aliphatic rings. The van der Waals surface area contributed by atoms with E-state index < -0.39 is 28.0 Å². The second-order valence-electron chi connectivity index (χ2n) is 7.19. The van der Waals surface area contributed by atoms with Gasteiger partial charge < -0.3 is 5.32 Å². The molecule has 0 atom stereocenters. The van der Waals surface area contributed by atoms with Crippen molar-refractivity contribution in [3.63, 3.8) is 0 Å². The van der Waals surface area contributed by atoms with Crippen molar-refractivity contribution in [2.24, 2.45) is 7.05 Å². The Labute approximate surface area is 178 Å². The van der Waals surface area contributed by atoms with E-state index in [0.29, 0.717) is 18.7 Å². The van der Waals surface area contributed by atoms with Crippen molar-refractivity contribution in [1.82, 2.24) is 9.78 Å². The number of anilines is 2. The third-order valence-electron chi connectivity index (χ3n) is 5.06. The molecule has 1 N–H and O–H groups in total. The van der Waals surface area contributed by atoms with E-state index in [9.17, 15) is 22.0 Å². The molecule has 7 nitrogen and oxygen atoms in total. The maximum Gasteiger partial charge on any atom is 0.284 e. The number of para-hydroxylation sites is 1. The van der Waals surface area contributed by atoms with Crippen LogP contribution in [0.5, 0.6) is 0 Å². The monoisotopic (exact) mass is 446 g/mol. The summed E-state index contributed by atoms with van der Waals surface area (Å²) in [5.41, 5.74) is 0.934. The molecule has 0 saturated heterocycles. The number of halogens is 2. The van der Waals surface area contributed by atoms with E-state index in [4.69, 9.17) is 0 Å². The van der Waals surface area contributed by atoms with Gasteiger partial charge in [-0.2, -0.15) is 5.10 Å². The molecule has 1 aliphatic heterocycles. The molecule has 1 amide bonds. The minimum absolute atomic E-state index is 0.0374. The number of benzene rings is 2. The number of carbonyl (C=O) groups excluding carboxylic acids is 1. The first-order valence-corrected chi connectivity index (χ1v) is 11.0. The lowest BCUT2D eigenvalue weighted by Gasteiger charge is -2.30. The average molecular weight is 446 g/mol. The molecule has 2 heterocycles. The number of amides is 1. The normalized spacial score (nSPS) is 13.9. The maximum absolute atomic E-state index is 13.3. The van der Waals surface area contributed by atoms with Crippen LogP contribution in [0, 0.1) is 0 Å². The Bertz CT molecular complexity index is 1240. The van der Waals surface area contributed by atoms with Crippen LogP contribution in [0.25, 0.3) is 0 Å². The standard InChI is InChI=1S/C21H20F2N4O3S/c1-26-13-17(19(25-26)20(22)23)24-21(28)15-7-4-9-16(12-15)31(29,30)27-11-5-8-14-6-2-3-10-18(14)27/h2-4,6-7,9-10,12-13,20H,5,8,11H2,1H3,(H,24,28). The summed E-state index contributed by atoms with van der Waals surface area (Å²) in [4.78, 5) is 12.6. The van der Waals surface area contributed by atoms with Gasteiger partial charge >= 0.3 is 0 Å². The lowest BCUT2D eigenvalue weighted by atomic mass is 10.0. The van der Waals surface area contributed by atoms with Crippen LogP contribution in [0.15, 0.2) is 59.6 Å². The average Bonchev–Trinajstić information content (AvgIpc) is 3.13. The summed E-state index contributed by atoms with van der Waals surface area (Å²) in [5.74, 6) is -0.703. The molecule has 0 spiro atoms. The minimum atomic E-state index is -3.90. The highest BCUT2D eigenvalue weighted by atomic mass is 32.2. The topological polar surface area (TPSA) is 84.3 Å². The van der Waals surface area contributed by atoms with Crippen LogP contribution >= 0.6 is 0 Å². The molecule has 31 heavy (non-hydrogen) atoms. The molecule has 3 aromatic rings. The highest BCUT2D eigenvalue weighted by Crippen LogP contribution is 2.32. The zero-order valence-corrected chi connectivity index (χ0v) is 17.4. The van der Waals surface area contributed by atoms with Crippen LogP contribution in [0.1, 0.15) is 34.5 Å². The number of aryl methyl sites for hydroxylation is 2. The Kier molecular flexibility index (Phi) is 5.48. The van der Waals surface area contributed by atoms with Crippen molar-refractivity contribution in [2.75, 3.05) is 16.2 Å². The predicted octanol–water partition coefficient (Wildman–Crippen LogP) is 3.75. The molecular formula is C21H20F2N4O3S. The molecule has 0 aliphatic carbocycles. The Morgan fingerprint density at radius 1 is 1.16 bits per heavy atom. The van der Waals surface area contributed by atoms with E-state index in [1.165, 1.54) is 46.5 Å². The number of hydrogen-bond acceptors (Lipinski definition) is 4. The van der Waals surface area contributed by atoms with Gasteiger partial charge in [0.05, 0.1) is 16.3 Å². The van der Waals surface area contributed by atoms with Crippen molar-refractivity contribution >= 4 is 27.3 Å². The number of fused-ring (bicyclic) bond motifs is 1. The van der Waals surface area contributed by atoms with Crippen LogP contribution in [0.2, 0.25) is 0 Å². The van der Waals surface area contributed by atoms with Gasteiger partial charge in [0, 0.05) is 25.4 Å². The van der Waals surface area contributed by atoms with Gasteiger partial charge in [-0.25, -0.2) is 17.2 Å². The first kappa shape index (κ1) is 21.0. The fourth-order valence-corrected chi connectivity index (χ4v) is 5.22. The summed E-state index contributed by atoms with van der Waals surface area (Å²) < 4.78 is 55.4. The Morgan fingerprint density at radius 3 is 2.71 bits per heavy atom. The van der Waals surface area contributed by atoms with Crippen LogP contribution < -0.4 is 9.62 Å². The zero-order chi connectivity index (χ0) is 22.2. The number of sulfonamides is 1. The fourth-order valence-electron chi connectivity index (χ4n) is 3.63. The van der Waals surface area contributed by atoms with E-state index in [1.54, 1.807) is 12.1 Å². The van der Waals surface area contributed by atoms with Crippen molar-refractivity contribution in [3.8, 4) is 0 Å². The molecule has 0 unspecified atom stereocenters. The number of alkyl halides is 2. The number of nitrogens with zero attached hydrogens (tertiary/aromatic N) is 3. The number of rotatable bonds is 5. The van der Waals surface area contributed by atoms with Gasteiger partial charge in [0.2, 0.25) is 0 Å². The predicted molar refractivity (Wildman–Crippen MR) is 112 cm³/mol. The first-order chi connectivity index (χ1) is 14.8. The number of hydrogen-bond donors (Lipinski definition) is 1. The molecule has 0 fully saturated rings. The minimum Gasteiger partial charge on any atom is -0.319 e.